The van der Waals surface area contributed by atoms with Gasteiger partial charge in [-0.25, -0.2) is 14.6 Å². The number of carbonyl (C=O) groups excluding carboxylic acids is 4. The van der Waals surface area contributed by atoms with Crippen LogP contribution in [0.4, 0.5) is 4.79 Å². The molecule has 3 rings (SSSR count). The summed E-state index contributed by atoms with van der Waals surface area (Å²) in [5.74, 6) is -2.16. The summed E-state index contributed by atoms with van der Waals surface area (Å²) in [5.41, 5.74) is 4.38. The van der Waals surface area contributed by atoms with Gasteiger partial charge in [-0.05, 0) is 19.8 Å². The number of ether oxygens (including phenoxy) is 1. The average molecular weight is 460 g/mol. The summed E-state index contributed by atoms with van der Waals surface area (Å²) >= 11 is 0. The number of aromatic nitrogens is 2. The number of hydrazine groups is 1. The number of hydrogen-bond donors (Lipinski definition) is 3. The number of hydrogen-bond acceptors (Lipinski definition) is 9. The van der Waals surface area contributed by atoms with Gasteiger partial charge in [-0.1, -0.05) is 0 Å². The lowest BCUT2D eigenvalue weighted by molar-refractivity contribution is -0.132. The molecule has 3 heterocycles. The molecule has 15 nitrogen and oxygen atoms in total. The molecule has 0 spiro atoms. The summed E-state index contributed by atoms with van der Waals surface area (Å²) in [5, 5.41) is 0.511. The molecule has 0 radical (unpaired) electrons. The molecule has 1 aromatic rings. The Morgan fingerprint density at radius 3 is 2.71 bits per heavy atom. The van der Waals surface area contributed by atoms with E-state index in [4.69, 9.17) is 9.29 Å². The lowest BCUT2D eigenvalue weighted by atomic mass is 10.0. The van der Waals surface area contributed by atoms with E-state index in [2.05, 4.69) is 20.1 Å². The number of amides is 4. The van der Waals surface area contributed by atoms with E-state index in [-0.39, 0.29) is 38.4 Å². The van der Waals surface area contributed by atoms with Gasteiger partial charge in [-0.15, -0.1) is 4.28 Å². The molecule has 4 amide bonds. The normalized spacial score (nSPS) is 20.5. The molecule has 2 aliphatic heterocycles. The summed E-state index contributed by atoms with van der Waals surface area (Å²) in [6.45, 7) is 1.44. The third kappa shape index (κ3) is 5.09. The van der Waals surface area contributed by atoms with Gasteiger partial charge < -0.3 is 14.2 Å². The number of imidazole rings is 1. The average Bonchev–Trinajstić information content (AvgIpc) is 3.24. The third-order valence-corrected chi connectivity index (χ3v) is 4.96. The van der Waals surface area contributed by atoms with Crippen LogP contribution in [-0.2, 0) is 35.6 Å². The van der Waals surface area contributed by atoms with Gasteiger partial charge in [-0.2, -0.15) is 13.5 Å². The van der Waals surface area contributed by atoms with Crippen molar-refractivity contribution in [2.45, 2.75) is 38.4 Å². The summed E-state index contributed by atoms with van der Waals surface area (Å²) in [6, 6.07) is -2.53. The maximum absolute atomic E-state index is 12.5. The van der Waals surface area contributed by atoms with Crippen LogP contribution in [0.3, 0.4) is 0 Å². The Hall–Kier alpha value is -3.24. The van der Waals surface area contributed by atoms with Crippen molar-refractivity contribution in [2.75, 3.05) is 13.2 Å². The molecule has 31 heavy (non-hydrogen) atoms. The van der Waals surface area contributed by atoms with Gasteiger partial charge in [0.2, 0.25) is 5.82 Å². The number of fused-ring (bicyclic) bond motifs is 2. The quantitative estimate of drug-likeness (QED) is 0.238. The van der Waals surface area contributed by atoms with Gasteiger partial charge in [0.05, 0.1) is 12.6 Å². The van der Waals surface area contributed by atoms with Crippen molar-refractivity contribution in [2.24, 2.45) is 0 Å². The molecule has 2 saturated heterocycles. The van der Waals surface area contributed by atoms with Gasteiger partial charge in [0, 0.05) is 18.9 Å². The van der Waals surface area contributed by atoms with E-state index in [1.807, 2.05) is 0 Å². The summed E-state index contributed by atoms with van der Waals surface area (Å²) in [4.78, 5) is 53.6. The highest BCUT2D eigenvalue weighted by Gasteiger charge is 2.49. The molecule has 0 aliphatic carbocycles. The summed E-state index contributed by atoms with van der Waals surface area (Å²) in [6.07, 6.45) is 3.12. The van der Waals surface area contributed by atoms with Crippen molar-refractivity contribution in [1.82, 2.24) is 30.4 Å². The minimum absolute atomic E-state index is 0.0122. The molecule has 1 aromatic heterocycles. The van der Waals surface area contributed by atoms with E-state index >= 15 is 0 Å². The van der Waals surface area contributed by atoms with Crippen molar-refractivity contribution in [3.63, 3.8) is 0 Å². The smallest absolute Gasteiger partial charge is 0.418 e. The SMILES string of the molecule is CCOC(=O)c1nccn1CC(=O)NNC(=O)[C@@H]1CC[C@@H]2CN1C(=O)N2OS(=O)(=O)O. The highest BCUT2D eigenvalue weighted by atomic mass is 32.3. The highest BCUT2D eigenvalue weighted by molar-refractivity contribution is 7.80. The van der Waals surface area contributed by atoms with Crippen LogP contribution in [0.2, 0.25) is 0 Å². The van der Waals surface area contributed by atoms with Crippen LogP contribution >= 0.6 is 0 Å². The van der Waals surface area contributed by atoms with Crippen LogP contribution in [0.1, 0.15) is 30.4 Å². The highest BCUT2D eigenvalue weighted by Crippen LogP contribution is 2.30. The standard InChI is InChI=1S/C15H20N6O9S/c1-2-29-14(24)12-16-5-6-19(12)8-11(22)17-18-13(23)10-4-3-9-7-20(10)15(25)21(9)30-31(26,27)28/h5-6,9-10H,2-4,7-8H2,1H3,(H,17,22)(H,18,23)(H,26,27,28)/t9-,10+/m1/s1. The van der Waals surface area contributed by atoms with Gasteiger partial charge in [-0.3, -0.25) is 25.0 Å². The predicted octanol–water partition coefficient (Wildman–Crippen LogP) is -1.79. The number of nitrogens with one attached hydrogen (secondary N) is 2. The molecule has 0 unspecified atom stereocenters. The summed E-state index contributed by atoms with van der Waals surface area (Å²) in [7, 11) is -4.90. The van der Waals surface area contributed by atoms with Crippen molar-refractivity contribution in [3.8, 4) is 0 Å². The first-order valence-electron chi connectivity index (χ1n) is 9.14. The number of esters is 1. The van der Waals surface area contributed by atoms with E-state index in [1.54, 1.807) is 6.92 Å². The van der Waals surface area contributed by atoms with Crippen molar-refractivity contribution < 1.29 is 41.2 Å². The van der Waals surface area contributed by atoms with E-state index in [1.165, 1.54) is 17.0 Å². The molecule has 0 saturated carbocycles. The zero-order valence-corrected chi connectivity index (χ0v) is 17.1. The Morgan fingerprint density at radius 1 is 1.29 bits per heavy atom. The van der Waals surface area contributed by atoms with Gasteiger partial charge in [0.25, 0.3) is 11.8 Å². The van der Waals surface area contributed by atoms with Crippen molar-refractivity contribution in [1.29, 1.82) is 0 Å². The lowest BCUT2D eigenvalue weighted by Crippen LogP contribution is -2.54. The first kappa shape index (κ1) is 22.4. The number of carbonyl (C=O) groups is 4. The van der Waals surface area contributed by atoms with Gasteiger partial charge in [0.1, 0.15) is 12.6 Å². The first-order chi connectivity index (χ1) is 14.6. The number of urea groups is 1. The monoisotopic (exact) mass is 460 g/mol. The zero-order valence-electron chi connectivity index (χ0n) is 16.3. The fraction of sp³-hybridized carbons (Fsp3) is 0.533. The molecular weight excluding hydrogens is 440 g/mol. The van der Waals surface area contributed by atoms with E-state index < -0.39 is 46.3 Å². The van der Waals surface area contributed by atoms with Gasteiger partial charge >= 0.3 is 22.4 Å². The predicted molar refractivity (Wildman–Crippen MR) is 97.9 cm³/mol. The van der Waals surface area contributed by atoms with Crippen molar-refractivity contribution >= 4 is 34.2 Å². The second-order valence-electron chi connectivity index (χ2n) is 6.65. The maximum Gasteiger partial charge on any atom is 0.418 e. The Bertz CT molecular complexity index is 993. The molecule has 2 atom stereocenters. The maximum atomic E-state index is 12.5. The topological polar surface area (TPSA) is 189 Å². The Balaban J connectivity index is 1.55. The third-order valence-electron chi connectivity index (χ3n) is 4.61. The Morgan fingerprint density at radius 2 is 2.03 bits per heavy atom. The number of piperidine rings is 1. The molecule has 2 aliphatic rings. The molecule has 16 heteroatoms. The minimum Gasteiger partial charge on any atom is -0.460 e. The Labute approximate surface area is 176 Å². The molecular formula is C15H20N6O9S. The van der Waals surface area contributed by atoms with Gasteiger partial charge in [0.15, 0.2) is 0 Å². The largest absolute Gasteiger partial charge is 0.460 e. The number of nitrogens with zero attached hydrogens (tertiary/aromatic N) is 4. The second kappa shape index (κ2) is 8.86. The van der Waals surface area contributed by atoms with Crippen molar-refractivity contribution in [3.05, 3.63) is 18.2 Å². The summed E-state index contributed by atoms with van der Waals surface area (Å²) < 4.78 is 41.0. The van der Waals surface area contributed by atoms with Crippen LogP contribution in [0, 0.1) is 0 Å². The molecule has 170 valence electrons. The minimum atomic E-state index is -4.90. The second-order valence-corrected chi connectivity index (χ2v) is 7.65. The van der Waals surface area contributed by atoms with Crippen LogP contribution in [0.25, 0.3) is 0 Å². The first-order valence-corrected chi connectivity index (χ1v) is 10.5. The number of rotatable bonds is 7. The van der Waals surface area contributed by atoms with E-state index in [0.717, 1.165) is 4.90 Å². The zero-order chi connectivity index (χ0) is 22.8. The molecule has 0 aromatic carbocycles. The molecule has 2 fully saturated rings. The molecule has 2 bridgehead atoms. The van der Waals surface area contributed by atoms with E-state index in [0.29, 0.717) is 5.06 Å². The number of hydroxylamine groups is 2. The fourth-order valence-electron chi connectivity index (χ4n) is 3.34. The van der Waals surface area contributed by atoms with Crippen LogP contribution < -0.4 is 10.9 Å². The fourth-order valence-corrected chi connectivity index (χ4v) is 3.72. The van der Waals surface area contributed by atoms with E-state index in [9.17, 15) is 27.6 Å². The Kier molecular flexibility index (Phi) is 6.42. The van der Waals surface area contributed by atoms with Crippen LogP contribution in [0.15, 0.2) is 12.4 Å². The lowest BCUT2D eigenvalue weighted by Gasteiger charge is -2.29. The van der Waals surface area contributed by atoms with Crippen LogP contribution in [-0.4, -0.2) is 81.5 Å². The van der Waals surface area contributed by atoms with Crippen LogP contribution in [0.5, 0.6) is 0 Å². The molecule has 3 N–H and O–H groups in total.